The van der Waals surface area contributed by atoms with Gasteiger partial charge in [0.15, 0.2) is 0 Å². The van der Waals surface area contributed by atoms with Crippen LogP contribution in [0.1, 0.15) is 26.7 Å². The molecule has 2 atom stereocenters. The van der Waals surface area contributed by atoms with E-state index in [2.05, 4.69) is 5.32 Å². The fourth-order valence-corrected chi connectivity index (χ4v) is 0.901. The number of carbonyl (C=O) groups excluding carboxylic acids is 2. The highest BCUT2D eigenvalue weighted by Gasteiger charge is 2.23. The van der Waals surface area contributed by atoms with Gasteiger partial charge in [0.2, 0.25) is 11.8 Å². The largest absolute Gasteiger partial charge is 0.480 e. The third kappa shape index (κ3) is 4.99. The number of nitrogens with two attached hydrogens (primary N) is 1. The van der Waals surface area contributed by atoms with Gasteiger partial charge in [-0.05, 0) is 6.42 Å². The molecule has 86 valence electrons. The van der Waals surface area contributed by atoms with Crippen molar-refractivity contribution < 1.29 is 19.5 Å². The number of carbonyl (C=O) groups is 3. The molecule has 0 rings (SSSR count). The molecular formula is C9H16N2O4. The molecule has 0 aliphatic rings. The number of carboxylic acid groups (broad SMARTS) is 1. The number of nitrogens with one attached hydrogen (secondary N) is 1. The summed E-state index contributed by atoms with van der Waals surface area (Å²) >= 11 is 0. The Hall–Kier alpha value is -1.59. The van der Waals surface area contributed by atoms with Gasteiger partial charge in [-0.3, -0.25) is 9.59 Å². The first-order chi connectivity index (χ1) is 6.88. The fourth-order valence-electron chi connectivity index (χ4n) is 0.901. The molecule has 0 aromatic heterocycles. The molecule has 0 aromatic carbocycles. The Morgan fingerprint density at radius 1 is 1.40 bits per heavy atom. The highest BCUT2D eigenvalue weighted by molar-refractivity contribution is 5.88. The number of hydrogen-bond donors (Lipinski definition) is 3. The molecule has 0 bridgehead atoms. The van der Waals surface area contributed by atoms with Gasteiger partial charge in [-0.1, -0.05) is 13.8 Å². The highest BCUT2D eigenvalue weighted by Crippen LogP contribution is 2.02. The van der Waals surface area contributed by atoms with Crippen molar-refractivity contribution in [3.05, 3.63) is 0 Å². The lowest BCUT2D eigenvalue weighted by molar-refractivity contribution is -0.143. The molecule has 0 heterocycles. The Bertz CT molecular complexity index is 265. The standard InChI is InChI=1S/C9H16N2O4/c1-3-5(2)8(13)11-6(9(14)15)4-7(10)12/h5-6H,3-4H2,1-2H3,(H2,10,12)(H,11,13)(H,14,15)/t5?,6-/m0/s1. The second kappa shape index (κ2) is 6.00. The van der Waals surface area contributed by atoms with Crippen LogP contribution in [0, 0.1) is 5.92 Å². The third-order valence-electron chi connectivity index (χ3n) is 2.08. The lowest BCUT2D eigenvalue weighted by Crippen LogP contribution is -2.45. The minimum Gasteiger partial charge on any atom is -0.480 e. The zero-order valence-corrected chi connectivity index (χ0v) is 8.82. The van der Waals surface area contributed by atoms with E-state index in [1.54, 1.807) is 6.92 Å². The summed E-state index contributed by atoms with van der Waals surface area (Å²) in [6, 6.07) is -1.23. The van der Waals surface area contributed by atoms with E-state index < -0.39 is 24.3 Å². The predicted octanol–water partition coefficient (Wildman–Crippen LogP) is -0.523. The highest BCUT2D eigenvalue weighted by atomic mass is 16.4. The second-order valence-electron chi connectivity index (χ2n) is 3.38. The van der Waals surface area contributed by atoms with E-state index in [4.69, 9.17) is 10.8 Å². The number of primary amides is 1. The van der Waals surface area contributed by atoms with Gasteiger partial charge < -0.3 is 16.2 Å². The number of amides is 2. The van der Waals surface area contributed by atoms with Crippen molar-refractivity contribution in [1.29, 1.82) is 0 Å². The van der Waals surface area contributed by atoms with Gasteiger partial charge in [0.05, 0.1) is 6.42 Å². The number of rotatable bonds is 6. The van der Waals surface area contributed by atoms with E-state index in [9.17, 15) is 14.4 Å². The van der Waals surface area contributed by atoms with E-state index in [-0.39, 0.29) is 11.8 Å². The average molecular weight is 216 g/mol. The molecule has 0 aromatic rings. The lowest BCUT2D eigenvalue weighted by atomic mass is 10.1. The SMILES string of the molecule is CCC(C)C(=O)N[C@@H](CC(N)=O)C(=O)O. The first-order valence-corrected chi connectivity index (χ1v) is 4.70. The van der Waals surface area contributed by atoms with Crippen molar-refractivity contribution in [2.45, 2.75) is 32.7 Å². The summed E-state index contributed by atoms with van der Waals surface area (Å²) in [5, 5.41) is 11.0. The topological polar surface area (TPSA) is 109 Å². The smallest absolute Gasteiger partial charge is 0.326 e. The zero-order valence-electron chi connectivity index (χ0n) is 8.82. The third-order valence-corrected chi connectivity index (χ3v) is 2.08. The minimum atomic E-state index is -1.26. The zero-order chi connectivity index (χ0) is 12.0. The molecule has 2 amide bonds. The summed E-state index contributed by atoms with van der Waals surface area (Å²) in [6.45, 7) is 3.49. The Balaban J connectivity index is 4.35. The van der Waals surface area contributed by atoms with Gasteiger partial charge in [-0.25, -0.2) is 4.79 Å². The molecule has 0 saturated carbocycles. The van der Waals surface area contributed by atoms with Crippen LogP contribution in [-0.2, 0) is 14.4 Å². The van der Waals surface area contributed by atoms with Crippen LogP contribution in [0.5, 0.6) is 0 Å². The van der Waals surface area contributed by atoms with Crippen molar-refractivity contribution in [3.8, 4) is 0 Å². The molecule has 4 N–H and O–H groups in total. The van der Waals surface area contributed by atoms with Crippen LogP contribution in [0.15, 0.2) is 0 Å². The Kier molecular flexibility index (Phi) is 5.36. The molecule has 0 spiro atoms. The van der Waals surface area contributed by atoms with Crippen LogP contribution in [-0.4, -0.2) is 28.9 Å². The van der Waals surface area contributed by atoms with E-state index in [0.717, 1.165) is 0 Å². The monoisotopic (exact) mass is 216 g/mol. The van der Waals surface area contributed by atoms with Crippen LogP contribution in [0.4, 0.5) is 0 Å². The summed E-state index contributed by atoms with van der Waals surface area (Å²) in [5.74, 6) is -2.68. The van der Waals surface area contributed by atoms with Crippen LogP contribution < -0.4 is 11.1 Å². The molecule has 0 fully saturated rings. The Labute approximate surface area is 87.8 Å². The first kappa shape index (κ1) is 13.4. The minimum absolute atomic E-state index is 0.278. The van der Waals surface area contributed by atoms with E-state index >= 15 is 0 Å². The van der Waals surface area contributed by atoms with Gasteiger partial charge in [-0.2, -0.15) is 0 Å². The summed E-state index contributed by atoms with van der Waals surface area (Å²) < 4.78 is 0. The van der Waals surface area contributed by atoms with Crippen molar-refractivity contribution in [2.24, 2.45) is 11.7 Å². The molecule has 0 saturated heterocycles. The summed E-state index contributed by atoms with van der Waals surface area (Å²) in [5.41, 5.74) is 4.86. The number of carboxylic acids is 1. The number of hydrogen-bond acceptors (Lipinski definition) is 3. The molecule has 6 nitrogen and oxygen atoms in total. The first-order valence-electron chi connectivity index (χ1n) is 4.70. The van der Waals surface area contributed by atoms with E-state index in [1.807, 2.05) is 6.92 Å². The summed E-state index contributed by atoms with van der Waals surface area (Å²) in [4.78, 5) is 32.5. The quantitative estimate of drug-likeness (QED) is 0.554. The van der Waals surface area contributed by atoms with Crippen LogP contribution >= 0.6 is 0 Å². The fraction of sp³-hybridized carbons (Fsp3) is 0.667. The predicted molar refractivity (Wildman–Crippen MR) is 52.8 cm³/mol. The molecule has 0 aliphatic carbocycles. The maximum absolute atomic E-state index is 11.3. The Morgan fingerprint density at radius 2 is 1.93 bits per heavy atom. The van der Waals surface area contributed by atoms with Crippen LogP contribution in [0.3, 0.4) is 0 Å². The van der Waals surface area contributed by atoms with Crippen molar-refractivity contribution in [1.82, 2.24) is 5.32 Å². The molecule has 0 aliphatic heterocycles. The van der Waals surface area contributed by atoms with E-state index in [0.29, 0.717) is 6.42 Å². The maximum atomic E-state index is 11.3. The summed E-state index contributed by atoms with van der Waals surface area (Å²) in [7, 11) is 0. The lowest BCUT2D eigenvalue weighted by Gasteiger charge is -2.15. The molecule has 6 heteroatoms. The van der Waals surface area contributed by atoms with Crippen molar-refractivity contribution in [3.63, 3.8) is 0 Å². The normalized spacial score (nSPS) is 14.0. The van der Waals surface area contributed by atoms with Gasteiger partial charge >= 0.3 is 5.97 Å². The van der Waals surface area contributed by atoms with E-state index in [1.165, 1.54) is 0 Å². The van der Waals surface area contributed by atoms with Crippen molar-refractivity contribution >= 4 is 17.8 Å². The average Bonchev–Trinajstić information content (AvgIpc) is 2.14. The van der Waals surface area contributed by atoms with Crippen molar-refractivity contribution in [2.75, 3.05) is 0 Å². The van der Waals surface area contributed by atoms with Gasteiger partial charge in [0, 0.05) is 5.92 Å². The Morgan fingerprint density at radius 3 is 2.27 bits per heavy atom. The van der Waals surface area contributed by atoms with Gasteiger partial charge in [-0.15, -0.1) is 0 Å². The molecule has 0 radical (unpaired) electrons. The second-order valence-corrected chi connectivity index (χ2v) is 3.38. The molecular weight excluding hydrogens is 200 g/mol. The van der Waals surface area contributed by atoms with Crippen LogP contribution in [0.2, 0.25) is 0 Å². The van der Waals surface area contributed by atoms with Gasteiger partial charge in [0.1, 0.15) is 6.04 Å². The van der Waals surface area contributed by atoms with Crippen LogP contribution in [0.25, 0.3) is 0 Å². The van der Waals surface area contributed by atoms with Gasteiger partial charge in [0.25, 0.3) is 0 Å². The maximum Gasteiger partial charge on any atom is 0.326 e. The molecule has 1 unspecified atom stereocenters. The summed E-state index contributed by atoms with van der Waals surface area (Å²) in [6.07, 6.45) is 0.215. The number of aliphatic carboxylic acids is 1. The molecule has 15 heavy (non-hydrogen) atoms.